The summed E-state index contributed by atoms with van der Waals surface area (Å²) in [6, 6.07) is 20.7. The smallest absolute Gasteiger partial charge is 0.303 e. The molecule has 2 heterocycles. The second kappa shape index (κ2) is 12.6. The third-order valence-electron chi connectivity index (χ3n) is 5.70. The maximum Gasteiger partial charge on any atom is 0.303 e. The molecule has 9 heteroatoms. The van der Waals surface area contributed by atoms with Crippen LogP contribution in [0.2, 0.25) is 0 Å². The van der Waals surface area contributed by atoms with Crippen LogP contribution in [0.3, 0.4) is 0 Å². The van der Waals surface area contributed by atoms with Crippen LogP contribution in [-0.2, 0) is 25.7 Å². The van der Waals surface area contributed by atoms with Gasteiger partial charge in [0.25, 0.3) is 0 Å². The van der Waals surface area contributed by atoms with Crippen LogP contribution in [0.5, 0.6) is 0 Å². The van der Waals surface area contributed by atoms with E-state index in [4.69, 9.17) is 14.6 Å². The second-order valence-electron chi connectivity index (χ2n) is 8.39. The summed E-state index contributed by atoms with van der Waals surface area (Å²) in [5.41, 5.74) is 3.23. The molecule has 2 aromatic carbocycles. The Hall–Kier alpha value is -3.24. The summed E-state index contributed by atoms with van der Waals surface area (Å²) in [5.74, 6) is -0.656. The van der Waals surface area contributed by atoms with E-state index in [9.17, 15) is 14.7 Å². The summed E-state index contributed by atoms with van der Waals surface area (Å²) in [7, 11) is 0. The lowest BCUT2D eigenvalue weighted by Crippen LogP contribution is -2.31. The van der Waals surface area contributed by atoms with Crippen molar-refractivity contribution in [3.63, 3.8) is 0 Å². The van der Waals surface area contributed by atoms with Crippen molar-refractivity contribution in [2.75, 3.05) is 11.1 Å². The number of amides is 1. The number of anilines is 1. The molecule has 1 saturated heterocycles. The van der Waals surface area contributed by atoms with Crippen molar-refractivity contribution in [3.05, 3.63) is 89.6 Å². The van der Waals surface area contributed by atoms with Crippen LogP contribution < -0.4 is 5.32 Å². The highest BCUT2D eigenvalue weighted by molar-refractivity contribution is 7.99. The van der Waals surface area contributed by atoms with Gasteiger partial charge in [0.15, 0.2) is 6.29 Å². The Balaban J connectivity index is 1.46. The molecule has 0 aliphatic carbocycles. The number of ether oxygens (including phenoxy) is 2. The van der Waals surface area contributed by atoms with Gasteiger partial charge >= 0.3 is 5.97 Å². The van der Waals surface area contributed by atoms with E-state index in [1.54, 1.807) is 30.1 Å². The highest BCUT2D eigenvalue weighted by Crippen LogP contribution is 2.39. The minimum absolute atomic E-state index is 0.0138. The summed E-state index contributed by atoms with van der Waals surface area (Å²) in [6.07, 6.45) is 1.25. The van der Waals surface area contributed by atoms with E-state index < -0.39 is 12.3 Å². The summed E-state index contributed by atoms with van der Waals surface area (Å²) >= 11 is 1.63. The number of carboxylic acids is 1. The van der Waals surface area contributed by atoms with Crippen molar-refractivity contribution in [1.29, 1.82) is 0 Å². The normalized spacial score (nSPS) is 19.5. The zero-order valence-electron chi connectivity index (χ0n) is 19.6. The Morgan fingerprint density at radius 1 is 0.972 bits per heavy atom. The molecule has 1 aliphatic rings. The van der Waals surface area contributed by atoms with Gasteiger partial charge in [-0.25, -0.2) is 4.98 Å². The fourth-order valence-corrected chi connectivity index (χ4v) is 4.68. The van der Waals surface area contributed by atoms with E-state index in [2.05, 4.69) is 10.3 Å². The van der Waals surface area contributed by atoms with Gasteiger partial charge in [-0.3, -0.25) is 9.59 Å². The molecule has 0 unspecified atom stereocenters. The number of carboxylic acid groups (broad SMARTS) is 1. The Kier molecular flexibility index (Phi) is 9.07. The molecule has 0 saturated carbocycles. The van der Waals surface area contributed by atoms with E-state index in [0.29, 0.717) is 17.9 Å². The Bertz CT molecular complexity index is 1140. The molecule has 3 atom stereocenters. The number of benzene rings is 2. The molecule has 1 aliphatic heterocycles. The first-order valence-corrected chi connectivity index (χ1v) is 12.6. The van der Waals surface area contributed by atoms with Crippen molar-refractivity contribution in [3.8, 4) is 0 Å². The van der Waals surface area contributed by atoms with Crippen molar-refractivity contribution >= 4 is 29.3 Å². The number of thioether (sulfide) groups is 1. The van der Waals surface area contributed by atoms with Crippen LogP contribution in [0.1, 0.15) is 48.3 Å². The molecule has 1 amide bonds. The fraction of sp³-hybridized carbons (Fsp3) is 0.296. The molecular weight excluding hydrogens is 480 g/mol. The number of pyridine rings is 1. The molecular formula is C27H28N2O6S. The standard InChI is InChI=1S/C27H28N2O6S/c30-16-18-4-6-19(7-5-18)23-15-22(17-36-25-3-1-2-14-28-25)34-27(35-23)20-8-10-21(11-9-20)29-24(31)12-13-26(32)33/h1-11,14,22-23,27,30H,12-13,15-17H2,(H,29,31)(H,32,33)/t22-,23+,27+/m0/s1. The van der Waals surface area contributed by atoms with Crippen molar-refractivity contribution in [1.82, 2.24) is 4.98 Å². The Labute approximate surface area is 213 Å². The van der Waals surface area contributed by atoms with E-state index in [0.717, 1.165) is 21.7 Å². The van der Waals surface area contributed by atoms with E-state index in [-0.39, 0.29) is 37.6 Å². The lowest BCUT2D eigenvalue weighted by atomic mass is 10.0. The molecule has 0 bridgehead atoms. The van der Waals surface area contributed by atoms with Crippen LogP contribution in [0.4, 0.5) is 5.69 Å². The van der Waals surface area contributed by atoms with Crippen molar-refractivity contribution in [2.24, 2.45) is 0 Å². The zero-order valence-corrected chi connectivity index (χ0v) is 20.4. The lowest BCUT2D eigenvalue weighted by molar-refractivity contribution is -0.245. The average molecular weight is 509 g/mol. The van der Waals surface area contributed by atoms with Crippen LogP contribution >= 0.6 is 11.8 Å². The van der Waals surface area contributed by atoms with Gasteiger partial charge in [0.05, 0.1) is 30.3 Å². The minimum atomic E-state index is -1.01. The Morgan fingerprint density at radius 3 is 2.39 bits per heavy atom. The summed E-state index contributed by atoms with van der Waals surface area (Å²) < 4.78 is 12.7. The topological polar surface area (TPSA) is 118 Å². The number of hydrogen-bond acceptors (Lipinski definition) is 7. The maximum absolute atomic E-state index is 11.9. The minimum Gasteiger partial charge on any atom is -0.481 e. The van der Waals surface area contributed by atoms with Crippen LogP contribution in [0.15, 0.2) is 78.0 Å². The molecule has 36 heavy (non-hydrogen) atoms. The fourth-order valence-electron chi connectivity index (χ4n) is 3.80. The van der Waals surface area contributed by atoms with Crippen LogP contribution in [-0.4, -0.2) is 38.9 Å². The van der Waals surface area contributed by atoms with Gasteiger partial charge in [0.1, 0.15) is 0 Å². The quantitative estimate of drug-likeness (QED) is 0.337. The van der Waals surface area contributed by atoms with E-state index in [1.807, 2.05) is 54.6 Å². The maximum atomic E-state index is 11.9. The number of carbonyl (C=O) groups excluding carboxylic acids is 1. The summed E-state index contributed by atoms with van der Waals surface area (Å²) in [6.45, 7) is -0.0138. The number of nitrogens with one attached hydrogen (secondary N) is 1. The lowest BCUT2D eigenvalue weighted by Gasteiger charge is -2.36. The van der Waals surface area contributed by atoms with Gasteiger partial charge in [-0.2, -0.15) is 0 Å². The monoisotopic (exact) mass is 508 g/mol. The first-order valence-electron chi connectivity index (χ1n) is 11.7. The predicted octanol–water partition coefficient (Wildman–Crippen LogP) is 4.71. The van der Waals surface area contributed by atoms with Crippen molar-refractivity contribution < 1.29 is 29.3 Å². The second-order valence-corrected chi connectivity index (χ2v) is 9.43. The first-order chi connectivity index (χ1) is 17.5. The number of hydrogen-bond donors (Lipinski definition) is 3. The van der Waals surface area contributed by atoms with Gasteiger partial charge < -0.3 is 25.0 Å². The van der Waals surface area contributed by atoms with E-state index >= 15 is 0 Å². The predicted molar refractivity (Wildman–Crippen MR) is 135 cm³/mol. The number of aromatic nitrogens is 1. The van der Waals surface area contributed by atoms with Crippen LogP contribution in [0.25, 0.3) is 0 Å². The largest absolute Gasteiger partial charge is 0.481 e. The van der Waals surface area contributed by atoms with Gasteiger partial charge in [0.2, 0.25) is 5.91 Å². The molecule has 0 spiro atoms. The molecule has 0 radical (unpaired) electrons. The zero-order chi connectivity index (χ0) is 25.3. The van der Waals surface area contributed by atoms with Gasteiger partial charge in [0, 0.05) is 36.0 Å². The van der Waals surface area contributed by atoms with Gasteiger partial charge in [-0.1, -0.05) is 42.5 Å². The summed E-state index contributed by atoms with van der Waals surface area (Å²) in [5, 5.41) is 21.7. The van der Waals surface area contributed by atoms with Gasteiger partial charge in [-0.05, 0) is 35.4 Å². The number of aliphatic carboxylic acids is 1. The number of nitrogens with zero attached hydrogens (tertiary/aromatic N) is 1. The molecule has 8 nitrogen and oxygen atoms in total. The first kappa shape index (κ1) is 25.8. The van der Waals surface area contributed by atoms with Crippen LogP contribution in [0, 0.1) is 0 Å². The Morgan fingerprint density at radius 2 is 1.72 bits per heavy atom. The highest BCUT2D eigenvalue weighted by Gasteiger charge is 2.32. The molecule has 1 aromatic heterocycles. The number of aliphatic hydroxyl groups excluding tert-OH is 1. The molecule has 188 valence electrons. The third kappa shape index (κ3) is 7.38. The van der Waals surface area contributed by atoms with E-state index in [1.165, 1.54) is 0 Å². The van der Waals surface area contributed by atoms with Crippen molar-refractivity contribution in [2.45, 2.75) is 49.4 Å². The molecule has 1 fully saturated rings. The average Bonchev–Trinajstić information content (AvgIpc) is 2.91. The highest BCUT2D eigenvalue weighted by atomic mass is 32.2. The number of carbonyl (C=O) groups is 2. The number of aliphatic hydroxyl groups is 1. The SMILES string of the molecule is O=C(O)CCC(=O)Nc1ccc([C@@H]2O[C@H](CSc3ccccn3)C[C@H](c3ccc(CO)cc3)O2)cc1. The number of rotatable bonds is 10. The molecule has 3 N–H and O–H groups in total. The molecule has 3 aromatic rings. The molecule has 4 rings (SSSR count). The third-order valence-corrected chi connectivity index (χ3v) is 6.78. The van der Waals surface area contributed by atoms with Gasteiger partial charge in [-0.15, -0.1) is 11.8 Å². The summed E-state index contributed by atoms with van der Waals surface area (Å²) in [4.78, 5) is 27.0.